The Kier molecular flexibility index (Phi) is 7.55. The molecule has 0 unspecified atom stereocenters. The first-order valence-electron chi connectivity index (χ1n) is 8.63. The summed E-state index contributed by atoms with van der Waals surface area (Å²) in [4.78, 5) is 12.2. The van der Waals surface area contributed by atoms with E-state index in [1.807, 2.05) is 25.1 Å². The van der Waals surface area contributed by atoms with E-state index in [1.54, 1.807) is 45.6 Å². The lowest BCUT2D eigenvalue weighted by atomic mass is 10.2. The Morgan fingerprint density at radius 1 is 0.926 bits per heavy atom. The minimum Gasteiger partial charge on any atom is -0.493 e. The van der Waals surface area contributed by atoms with Crippen molar-refractivity contribution in [3.63, 3.8) is 0 Å². The van der Waals surface area contributed by atoms with Crippen molar-refractivity contribution in [2.75, 3.05) is 33.3 Å². The van der Waals surface area contributed by atoms with Gasteiger partial charge in [-0.3, -0.25) is 4.79 Å². The van der Waals surface area contributed by atoms with Crippen LogP contribution in [0.15, 0.2) is 42.5 Å². The molecular weight excluding hydrogens is 346 g/mol. The van der Waals surface area contributed by atoms with Crippen LogP contribution in [0.25, 0.3) is 6.08 Å². The number of anilines is 1. The van der Waals surface area contributed by atoms with Crippen molar-refractivity contribution in [3.8, 4) is 23.0 Å². The molecule has 1 N–H and O–H groups in total. The molecule has 144 valence electrons. The molecule has 0 saturated heterocycles. The number of nitrogens with one attached hydrogen (secondary N) is 1. The molecule has 0 fully saturated rings. The highest BCUT2D eigenvalue weighted by atomic mass is 16.5. The van der Waals surface area contributed by atoms with E-state index in [9.17, 15) is 4.79 Å². The highest BCUT2D eigenvalue weighted by Gasteiger charge is 2.07. The lowest BCUT2D eigenvalue weighted by Gasteiger charge is -2.10. The fourth-order valence-electron chi connectivity index (χ4n) is 2.39. The number of carbonyl (C=O) groups is 1. The Hall–Kier alpha value is -3.15. The highest BCUT2D eigenvalue weighted by molar-refractivity contribution is 6.02. The van der Waals surface area contributed by atoms with E-state index in [0.29, 0.717) is 35.3 Å². The molecule has 0 bridgehead atoms. The number of benzene rings is 2. The molecule has 0 spiro atoms. The Bertz CT molecular complexity index is 801. The van der Waals surface area contributed by atoms with Gasteiger partial charge in [-0.25, -0.2) is 0 Å². The topological polar surface area (TPSA) is 66.0 Å². The molecule has 0 aliphatic carbocycles. The molecule has 0 aromatic heterocycles. The standard InChI is InChI=1S/C21H25NO5/c1-5-12-27-18-9-6-15(13-19(18)25-3)7-11-21(23)22-16-8-10-17(24-2)20(14-16)26-4/h6-11,13-14H,5,12H2,1-4H3,(H,22,23). The maximum atomic E-state index is 12.2. The van der Waals surface area contributed by atoms with E-state index in [-0.39, 0.29) is 5.91 Å². The molecule has 6 heteroatoms. The molecule has 0 heterocycles. The number of hydrogen-bond acceptors (Lipinski definition) is 5. The summed E-state index contributed by atoms with van der Waals surface area (Å²) < 4.78 is 21.4. The summed E-state index contributed by atoms with van der Waals surface area (Å²) in [7, 11) is 4.70. The van der Waals surface area contributed by atoms with Gasteiger partial charge in [0.25, 0.3) is 0 Å². The minimum atomic E-state index is -0.257. The molecule has 1 amide bonds. The third-order valence-corrected chi connectivity index (χ3v) is 3.73. The molecule has 2 rings (SSSR count). The highest BCUT2D eigenvalue weighted by Crippen LogP contribution is 2.30. The molecular formula is C21H25NO5. The summed E-state index contributed by atoms with van der Waals surface area (Å²) in [6, 6.07) is 10.7. The van der Waals surface area contributed by atoms with Gasteiger partial charge in [0, 0.05) is 17.8 Å². The second-order valence-corrected chi connectivity index (χ2v) is 5.65. The van der Waals surface area contributed by atoms with Crippen molar-refractivity contribution in [2.24, 2.45) is 0 Å². The summed E-state index contributed by atoms with van der Waals surface area (Å²) in [5, 5.41) is 2.79. The zero-order chi connectivity index (χ0) is 19.6. The van der Waals surface area contributed by atoms with Crippen LogP contribution in [-0.2, 0) is 4.79 Å². The summed E-state index contributed by atoms with van der Waals surface area (Å²) in [6.07, 6.45) is 4.08. The lowest BCUT2D eigenvalue weighted by Crippen LogP contribution is -2.08. The van der Waals surface area contributed by atoms with E-state index < -0.39 is 0 Å². The maximum Gasteiger partial charge on any atom is 0.248 e. The van der Waals surface area contributed by atoms with Crippen molar-refractivity contribution in [2.45, 2.75) is 13.3 Å². The van der Waals surface area contributed by atoms with Gasteiger partial charge in [0.1, 0.15) is 0 Å². The van der Waals surface area contributed by atoms with Crippen LogP contribution in [0.1, 0.15) is 18.9 Å². The van der Waals surface area contributed by atoms with Gasteiger partial charge >= 0.3 is 0 Å². The molecule has 2 aromatic rings. The summed E-state index contributed by atoms with van der Waals surface area (Å²) in [5.41, 5.74) is 1.45. The summed E-state index contributed by atoms with van der Waals surface area (Å²) in [5.74, 6) is 2.21. The van der Waals surface area contributed by atoms with Crippen LogP contribution in [-0.4, -0.2) is 33.8 Å². The molecule has 0 atom stereocenters. The SMILES string of the molecule is CCCOc1ccc(C=CC(=O)Nc2ccc(OC)c(OC)c2)cc1OC. The predicted octanol–water partition coefficient (Wildman–Crippen LogP) is 4.15. The average molecular weight is 371 g/mol. The second kappa shape index (κ2) is 10.1. The Labute approximate surface area is 159 Å². The zero-order valence-corrected chi connectivity index (χ0v) is 16.1. The lowest BCUT2D eigenvalue weighted by molar-refractivity contribution is -0.111. The largest absolute Gasteiger partial charge is 0.493 e. The van der Waals surface area contributed by atoms with Crippen molar-refractivity contribution in [3.05, 3.63) is 48.0 Å². The summed E-state index contributed by atoms with van der Waals surface area (Å²) >= 11 is 0. The van der Waals surface area contributed by atoms with E-state index in [2.05, 4.69) is 5.32 Å². The van der Waals surface area contributed by atoms with E-state index in [4.69, 9.17) is 18.9 Å². The second-order valence-electron chi connectivity index (χ2n) is 5.65. The zero-order valence-electron chi connectivity index (χ0n) is 16.1. The number of amides is 1. The van der Waals surface area contributed by atoms with Crippen LogP contribution >= 0.6 is 0 Å². The van der Waals surface area contributed by atoms with Gasteiger partial charge < -0.3 is 24.3 Å². The van der Waals surface area contributed by atoms with Gasteiger partial charge in [-0.05, 0) is 42.3 Å². The first-order valence-corrected chi connectivity index (χ1v) is 8.63. The number of methoxy groups -OCH3 is 3. The Morgan fingerprint density at radius 3 is 2.26 bits per heavy atom. The van der Waals surface area contributed by atoms with E-state index in [0.717, 1.165) is 12.0 Å². The normalized spacial score (nSPS) is 10.5. The number of carbonyl (C=O) groups excluding carboxylic acids is 1. The van der Waals surface area contributed by atoms with Crippen LogP contribution in [0.3, 0.4) is 0 Å². The number of rotatable bonds is 9. The fraction of sp³-hybridized carbons (Fsp3) is 0.286. The average Bonchev–Trinajstić information content (AvgIpc) is 2.70. The quantitative estimate of drug-likeness (QED) is 0.671. The predicted molar refractivity (Wildman–Crippen MR) is 106 cm³/mol. The molecule has 0 saturated carbocycles. The monoisotopic (exact) mass is 371 g/mol. The van der Waals surface area contributed by atoms with Crippen molar-refractivity contribution in [1.82, 2.24) is 0 Å². The molecule has 0 radical (unpaired) electrons. The van der Waals surface area contributed by atoms with Crippen LogP contribution in [0.4, 0.5) is 5.69 Å². The fourth-order valence-corrected chi connectivity index (χ4v) is 2.39. The van der Waals surface area contributed by atoms with Gasteiger partial charge in [-0.2, -0.15) is 0 Å². The maximum absolute atomic E-state index is 12.2. The van der Waals surface area contributed by atoms with Crippen molar-refractivity contribution >= 4 is 17.7 Å². The first kappa shape index (κ1) is 20.2. The van der Waals surface area contributed by atoms with Crippen LogP contribution in [0.5, 0.6) is 23.0 Å². The van der Waals surface area contributed by atoms with E-state index >= 15 is 0 Å². The summed E-state index contributed by atoms with van der Waals surface area (Å²) in [6.45, 7) is 2.67. The van der Waals surface area contributed by atoms with E-state index in [1.165, 1.54) is 6.08 Å². The third kappa shape index (κ3) is 5.67. The molecule has 0 aliphatic heterocycles. The van der Waals surface area contributed by atoms with Crippen LogP contribution in [0.2, 0.25) is 0 Å². The van der Waals surface area contributed by atoms with Gasteiger partial charge in [0.2, 0.25) is 5.91 Å². The number of hydrogen-bond donors (Lipinski definition) is 1. The van der Waals surface area contributed by atoms with Gasteiger partial charge in [-0.1, -0.05) is 13.0 Å². The minimum absolute atomic E-state index is 0.257. The van der Waals surface area contributed by atoms with Crippen molar-refractivity contribution in [1.29, 1.82) is 0 Å². The van der Waals surface area contributed by atoms with Gasteiger partial charge in [-0.15, -0.1) is 0 Å². The Morgan fingerprint density at radius 2 is 1.59 bits per heavy atom. The molecule has 0 aliphatic rings. The molecule has 2 aromatic carbocycles. The van der Waals surface area contributed by atoms with Crippen LogP contribution < -0.4 is 24.3 Å². The van der Waals surface area contributed by atoms with Gasteiger partial charge in [0.15, 0.2) is 23.0 Å². The first-order chi connectivity index (χ1) is 13.1. The van der Waals surface area contributed by atoms with Crippen molar-refractivity contribution < 1.29 is 23.7 Å². The smallest absolute Gasteiger partial charge is 0.248 e. The van der Waals surface area contributed by atoms with Gasteiger partial charge in [0.05, 0.1) is 27.9 Å². The molecule has 27 heavy (non-hydrogen) atoms. The van der Waals surface area contributed by atoms with Crippen LogP contribution in [0, 0.1) is 0 Å². The number of ether oxygens (including phenoxy) is 4. The molecule has 6 nitrogen and oxygen atoms in total. The third-order valence-electron chi connectivity index (χ3n) is 3.73. The Balaban J connectivity index is 2.06.